The Morgan fingerprint density at radius 2 is 2.00 bits per heavy atom. The zero-order valence-corrected chi connectivity index (χ0v) is 14.6. The van der Waals surface area contributed by atoms with Gasteiger partial charge in [0.2, 0.25) is 5.91 Å². The lowest BCUT2D eigenvalue weighted by atomic mass is 10.2. The number of hydrogen-bond acceptors (Lipinski definition) is 5. The van der Waals surface area contributed by atoms with Crippen molar-refractivity contribution in [3.05, 3.63) is 18.2 Å². The van der Waals surface area contributed by atoms with Crippen LogP contribution in [0.1, 0.15) is 20.3 Å². The van der Waals surface area contributed by atoms with E-state index >= 15 is 0 Å². The van der Waals surface area contributed by atoms with E-state index in [0.29, 0.717) is 17.1 Å². The van der Waals surface area contributed by atoms with E-state index in [4.69, 9.17) is 10.5 Å². The zero-order chi connectivity index (χ0) is 16.0. The molecule has 0 aliphatic heterocycles. The average Bonchev–Trinajstić information content (AvgIpc) is 2.35. The van der Waals surface area contributed by atoms with Crippen LogP contribution in [-0.4, -0.2) is 32.9 Å². The zero-order valence-electron chi connectivity index (χ0n) is 13.0. The molecule has 0 saturated heterocycles. The summed E-state index contributed by atoms with van der Waals surface area (Å²) >= 11 is 0. The molecule has 1 aromatic carbocycles. The van der Waals surface area contributed by atoms with Crippen LogP contribution >= 0.6 is 12.4 Å². The van der Waals surface area contributed by atoms with Crippen molar-refractivity contribution < 1.29 is 17.9 Å². The van der Waals surface area contributed by atoms with Gasteiger partial charge in [-0.05, 0) is 24.1 Å². The van der Waals surface area contributed by atoms with Crippen molar-refractivity contribution in [3.63, 3.8) is 0 Å². The molecule has 0 radical (unpaired) electrons. The van der Waals surface area contributed by atoms with Gasteiger partial charge in [0, 0.05) is 12.1 Å². The number of carbonyl (C=O) groups excluding carboxylic acids is 1. The topological polar surface area (TPSA) is 98.5 Å². The van der Waals surface area contributed by atoms with Crippen LogP contribution in [0.5, 0.6) is 5.75 Å². The number of anilines is 2. The molecular formula is C14H23ClN2O4S. The molecule has 0 aromatic heterocycles. The third-order valence-corrected chi connectivity index (χ3v) is 4.74. The molecular weight excluding hydrogens is 328 g/mol. The maximum Gasteiger partial charge on any atom is 0.225 e. The fourth-order valence-electron chi connectivity index (χ4n) is 1.87. The van der Waals surface area contributed by atoms with Gasteiger partial charge in [0.15, 0.2) is 9.84 Å². The number of nitrogen functional groups attached to an aromatic ring is 1. The third kappa shape index (κ3) is 7.00. The fourth-order valence-corrected chi connectivity index (χ4v) is 3.55. The van der Waals surface area contributed by atoms with Gasteiger partial charge in [0.25, 0.3) is 0 Å². The molecule has 0 atom stereocenters. The predicted octanol–water partition coefficient (Wildman–Crippen LogP) is 2.10. The summed E-state index contributed by atoms with van der Waals surface area (Å²) in [4.78, 5) is 11.8. The lowest BCUT2D eigenvalue weighted by Gasteiger charge is -2.09. The van der Waals surface area contributed by atoms with Gasteiger partial charge in [-0.2, -0.15) is 0 Å². The average molecular weight is 351 g/mol. The van der Waals surface area contributed by atoms with Crippen LogP contribution in [0.4, 0.5) is 11.4 Å². The lowest BCUT2D eigenvalue weighted by Crippen LogP contribution is -2.21. The van der Waals surface area contributed by atoms with E-state index in [0.717, 1.165) is 0 Å². The smallest absolute Gasteiger partial charge is 0.225 e. The Morgan fingerprint density at radius 3 is 2.50 bits per heavy atom. The molecule has 22 heavy (non-hydrogen) atoms. The summed E-state index contributed by atoms with van der Waals surface area (Å²) in [6, 6.07) is 4.86. The molecule has 3 N–H and O–H groups in total. The first kappa shape index (κ1) is 20.5. The Labute approximate surface area is 137 Å². The highest BCUT2D eigenvalue weighted by molar-refractivity contribution is 7.91. The van der Waals surface area contributed by atoms with Crippen molar-refractivity contribution >= 4 is 39.5 Å². The van der Waals surface area contributed by atoms with Crippen LogP contribution in [0, 0.1) is 5.92 Å². The number of ether oxygens (including phenoxy) is 1. The molecule has 0 heterocycles. The summed E-state index contributed by atoms with van der Waals surface area (Å²) in [6.07, 6.45) is -0.0685. The Kier molecular flexibility index (Phi) is 8.26. The van der Waals surface area contributed by atoms with Gasteiger partial charge in [-0.15, -0.1) is 12.4 Å². The molecule has 0 saturated carbocycles. The quantitative estimate of drug-likeness (QED) is 0.734. The Morgan fingerprint density at radius 1 is 1.36 bits per heavy atom. The summed E-state index contributed by atoms with van der Waals surface area (Å²) in [5, 5.41) is 2.62. The SMILES string of the molecule is COc1ccc(NC(=O)CCS(=O)(=O)CC(C)C)cc1N.Cl. The number of nitrogens with two attached hydrogens (primary N) is 1. The number of benzene rings is 1. The highest BCUT2D eigenvalue weighted by Crippen LogP contribution is 2.24. The third-order valence-electron chi connectivity index (χ3n) is 2.74. The monoisotopic (exact) mass is 350 g/mol. The van der Waals surface area contributed by atoms with Crippen LogP contribution in [-0.2, 0) is 14.6 Å². The van der Waals surface area contributed by atoms with Crippen molar-refractivity contribution in [3.8, 4) is 5.75 Å². The van der Waals surface area contributed by atoms with E-state index in [1.807, 2.05) is 13.8 Å². The summed E-state index contributed by atoms with van der Waals surface area (Å²) in [5.74, 6) is 0.164. The second-order valence-corrected chi connectivity index (χ2v) is 7.49. The number of amides is 1. The van der Waals surface area contributed by atoms with Crippen LogP contribution in [0.3, 0.4) is 0 Å². The van der Waals surface area contributed by atoms with Gasteiger partial charge >= 0.3 is 0 Å². The number of nitrogens with one attached hydrogen (secondary N) is 1. The molecule has 0 aliphatic carbocycles. The molecule has 0 fully saturated rings. The van der Waals surface area contributed by atoms with E-state index in [2.05, 4.69) is 5.32 Å². The van der Waals surface area contributed by atoms with Gasteiger partial charge in [-0.1, -0.05) is 13.8 Å². The van der Waals surface area contributed by atoms with Gasteiger partial charge in [0.05, 0.1) is 24.3 Å². The van der Waals surface area contributed by atoms with E-state index in [-0.39, 0.29) is 42.2 Å². The highest BCUT2D eigenvalue weighted by atomic mass is 35.5. The van der Waals surface area contributed by atoms with Gasteiger partial charge in [-0.3, -0.25) is 4.79 Å². The fraction of sp³-hybridized carbons (Fsp3) is 0.500. The summed E-state index contributed by atoms with van der Waals surface area (Å²) < 4.78 is 28.5. The van der Waals surface area contributed by atoms with Crippen molar-refractivity contribution in [2.75, 3.05) is 29.7 Å². The molecule has 1 amide bonds. The molecule has 0 unspecified atom stereocenters. The van der Waals surface area contributed by atoms with Crippen molar-refractivity contribution in [1.82, 2.24) is 0 Å². The minimum Gasteiger partial charge on any atom is -0.495 e. The van der Waals surface area contributed by atoms with Gasteiger partial charge in [-0.25, -0.2) is 8.42 Å². The van der Waals surface area contributed by atoms with E-state index in [1.165, 1.54) is 7.11 Å². The number of rotatable bonds is 7. The number of sulfone groups is 1. The molecule has 0 spiro atoms. The van der Waals surface area contributed by atoms with E-state index in [9.17, 15) is 13.2 Å². The first-order valence-corrected chi connectivity index (χ1v) is 8.49. The Bertz CT molecular complexity index is 603. The minimum atomic E-state index is -3.19. The van der Waals surface area contributed by atoms with Crippen LogP contribution < -0.4 is 15.8 Å². The summed E-state index contributed by atoms with van der Waals surface area (Å²) in [5.41, 5.74) is 6.65. The lowest BCUT2D eigenvalue weighted by molar-refractivity contribution is -0.115. The second-order valence-electron chi connectivity index (χ2n) is 5.26. The Hall–Kier alpha value is -1.47. The molecule has 126 valence electrons. The molecule has 1 aromatic rings. The van der Waals surface area contributed by atoms with Crippen LogP contribution in [0.15, 0.2) is 18.2 Å². The Balaban J connectivity index is 0.00000441. The highest BCUT2D eigenvalue weighted by Gasteiger charge is 2.15. The van der Waals surface area contributed by atoms with E-state index in [1.54, 1.807) is 18.2 Å². The number of halogens is 1. The standard InChI is InChI=1S/C14H22N2O4S.ClH/c1-10(2)9-21(18,19)7-6-14(17)16-11-4-5-13(20-3)12(15)8-11;/h4-5,8,10H,6-7,9,15H2,1-3H3,(H,16,17);1H. The first-order valence-electron chi connectivity index (χ1n) is 6.67. The van der Waals surface area contributed by atoms with Crippen molar-refractivity contribution in [1.29, 1.82) is 0 Å². The summed E-state index contributed by atoms with van der Waals surface area (Å²) in [7, 11) is -1.69. The van der Waals surface area contributed by atoms with E-state index < -0.39 is 9.84 Å². The van der Waals surface area contributed by atoms with Gasteiger partial charge in [0.1, 0.15) is 5.75 Å². The number of hydrogen-bond donors (Lipinski definition) is 2. The predicted molar refractivity (Wildman–Crippen MR) is 91.4 cm³/mol. The first-order chi connectivity index (χ1) is 9.73. The molecule has 1 rings (SSSR count). The normalized spacial score (nSPS) is 10.9. The summed E-state index contributed by atoms with van der Waals surface area (Å²) in [6.45, 7) is 3.66. The molecule has 0 bridgehead atoms. The largest absolute Gasteiger partial charge is 0.495 e. The molecule has 8 heteroatoms. The number of methoxy groups -OCH3 is 1. The minimum absolute atomic E-state index is 0. The number of carbonyl (C=O) groups is 1. The second kappa shape index (κ2) is 8.85. The molecule has 0 aliphatic rings. The van der Waals surface area contributed by atoms with Crippen molar-refractivity contribution in [2.45, 2.75) is 20.3 Å². The maximum absolute atomic E-state index is 11.8. The van der Waals surface area contributed by atoms with Crippen LogP contribution in [0.2, 0.25) is 0 Å². The van der Waals surface area contributed by atoms with Crippen molar-refractivity contribution in [2.24, 2.45) is 5.92 Å². The van der Waals surface area contributed by atoms with Gasteiger partial charge < -0.3 is 15.8 Å². The molecule has 6 nitrogen and oxygen atoms in total. The van der Waals surface area contributed by atoms with Crippen LogP contribution in [0.25, 0.3) is 0 Å². The maximum atomic E-state index is 11.8.